The number of amides is 8. The van der Waals surface area contributed by atoms with Crippen molar-refractivity contribution in [2.24, 2.45) is 5.73 Å². The largest absolute Gasteiger partial charge is 0.508 e. The standard InChI is InChI=1S/C107H110Cl2N12O26/c1-111-84-61-29-34-73(125)76(43-61)142-66-48-69(82(109)74(126)49-66)88-103(138)116-86-63-44-78(141-65-31-22-53(23-32-65)40-71(98(133)117-88)114-100(84)135)96(146-106-83(110)92(129)94(131)97(147-106)105(140)113-37-13-39-121(4,5)51-55-20-26-59(27-21-55)57-16-10-7-11-17-57)79(45-63)143-75-35-30-62(42-70(75)108)90(127)89-104(139)118-87(99(134)112-36-12-38-120(2,3)50-54-18-24-58(25-19-54)56-14-8-6-9-15-56)68-46-64(123)47-77(144-107-95(132)93(130)91(128)80(52-122)145-107)81(68)67-41-60(28-33-72(67)124)85(101(136)119-89)115-102(86)137/h6-11,14-35,41-49,71,80,83-95,97,106-107,111,122,127-132H,12-13,36-40,50-52,110H2,1-5H3,(H10-2,112,113,114,115,116,117,118,119,123,124,125,126,133,134,135,136,137,138,139,140)/p+2/t71-,80-,83-,84+,85-,86-,87+,88+,89+,90-,91-,92-,93+,94+,95+,97+,106-,107+/m1/s1. The van der Waals surface area contributed by atoms with Crippen LogP contribution in [0.1, 0.15) is 99.2 Å². The van der Waals surface area contributed by atoms with Gasteiger partial charge in [-0.15, -0.1) is 0 Å². The minimum atomic E-state index is -2.42. The molecule has 0 aromatic heterocycles. The van der Waals surface area contributed by atoms with E-state index in [0.29, 0.717) is 47.1 Å². The van der Waals surface area contributed by atoms with Gasteiger partial charge in [-0.2, -0.15) is 0 Å². The second kappa shape index (κ2) is 44.0. The Morgan fingerprint density at radius 3 is 1.66 bits per heavy atom. The quantitative estimate of drug-likeness (QED) is 0.0240. The average Bonchev–Trinajstić information content (AvgIpc) is 0.747. The Balaban J connectivity index is 0.797. The molecule has 768 valence electrons. The Labute approximate surface area is 853 Å². The van der Waals surface area contributed by atoms with Crippen LogP contribution in [0, 0.1) is 0 Å². The maximum absolute atomic E-state index is 17.0. The van der Waals surface area contributed by atoms with E-state index in [1.807, 2.05) is 113 Å². The van der Waals surface area contributed by atoms with E-state index in [1.165, 1.54) is 61.6 Å². The number of nitrogens with one attached hydrogen (secondary N) is 9. The summed E-state index contributed by atoms with van der Waals surface area (Å²) >= 11 is 14.5. The van der Waals surface area contributed by atoms with Crippen LogP contribution in [0.2, 0.25) is 10.0 Å². The van der Waals surface area contributed by atoms with Crippen LogP contribution in [0.25, 0.3) is 33.4 Å². The third-order valence-corrected chi connectivity index (χ3v) is 27.5. The molecule has 0 spiro atoms. The number of nitrogens with zero attached hydrogens (tertiary/aromatic N) is 2. The second-order valence-electron chi connectivity index (χ2n) is 38.4. The number of phenolic OH excluding ortho intramolecular Hbond substituents is 4. The van der Waals surface area contributed by atoms with E-state index < -0.39 is 253 Å². The SMILES string of the molecule is CN[C@@H]1C(=O)N[C@@H]2Cc3ccc(cc3)Oc3cc4cc(c3O[C@@H]3O[C@H](C(=O)NCCC[N+](C)(C)Cc5ccc(-c6ccccc6)cc5)[C@@H](O)[C@H](O)[C@H]3N)Oc3ccc(cc3Cl)[C@@H](O)[C@@H]3NC(=O)[C@H](NC(=O)[C@@H]4NC(=O)[C@@H](NC2=O)c2cc(cc(O)c2Cl)Oc2cc1ccc2O)c1ccc(O)c(c1)-c1c(O[C@H]2O[C@H](CO)[C@@H](O)[C@H](O)[C@@H]2O)cc(O)cc1[C@@H](C(=O)NCCC[N+](C)(C)Cc1ccc(-c2ccccc2)cc1)NC3=O. The van der Waals surface area contributed by atoms with Gasteiger partial charge in [0, 0.05) is 72.3 Å². The highest BCUT2D eigenvalue weighted by Gasteiger charge is 2.51. The monoisotopic (exact) mass is 2050 g/mol. The molecule has 17 bridgehead atoms. The predicted octanol–water partition coefficient (Wildman–Crippen LogP) is 6.98. The molecule has 0 aliphatic carbocycles. The van der Waals surface area contributed by atoms with Gasteiger partial charge in [-0.3, -0.25) is 38.4 Å². The van der Waals surface area contributed by atoms with Gasteiger partial charge < -0.3 is 152 Å². The predicted molar refractivity (Wildman–Crippen MR) is 533 cm³/mol. The molecule has 0 unspecified atom stereocenters. The zero-order chi connectivity index (χ0) is 104. The molecule has 8 amide bonds. The van der Waals surface area contributed by atoms with Gasteiger partial charge in [-0.25, -0.2) is 0 Å². The Morgan fingerprint density at radius 1 is 0.469 bits per heavy atom. The van der Waals surface area contributed by atoms with Crippen LogP contribution in [0.15, 0.2) is 224 Å². The van der Waals surface area contributed by atoms with E-state index in [9.17, 15) is 65.8 Å². The van der Waals surface area contributed by atoms with E-state index in [1.54, 1.807) is 0 Å². The first-order valence-electron chi connectivity index (χ1n) is 47.6. The van der Waals surface area contributed by atoms with Gasteiger partial charge in [0.15, 0.2) is 29.1 Å². The molecule has 0 radical (unpaired) electrons. The van der Waals surface area contributed by atoms with Crippen LogP contribution in [0.5, 0.6) is 69.0 Å². The molecule has 40 heteroatoms. The number of carbonyl (C=O) groups excluding carboxylic acids is 8. The molecule has 2 fully saturated rings. The summed E-state index contributed by atoms with van der Waals surface area (Å²) in [6.45, 7) is 1.07. The van der Waals surface area contributed by atoms with Crippen molar-refractivity contribution in [2.45, 2.75) is 142 Å². The zero-order valence-corrected chi connectivity index (χ0v) is 81.6. The molecule has 8 heterocycles. The number of hydrogen-bond acceptors (Lipinski definition) is 28. The number of carbonyl (C=O) groups is 8. The van der Waals surface area contributed by atoms with Crippen molar-refractivity contribution in [3.63, 3.8) is 0 Å². The topological polar surface area (TPSA) is 558 Å². The van der Waals surface area contributed by atoms with E-state index in [4.69, 9.17) is 62.1 Å². The van der Waals surface area contributed by atoms with Crippen LogP contribution in [-0.2, 0) is 67.3 Å². The lowest BCUT2D eigenvalue weighted by Gasteiger charge is -2.40. The summed E-state index contributed by atoms with van der Waals surface area (Å²) < 4.78 is 46.2. The normalized spacial score (nSPS) is 24.1. The fourth-order valence-electron chi connectivity index (χ4n) is 18.9. The number of phenols is 4. The van der Waals surface area contributed by atoms with Gasteiger partial charge in [-0.05, 0) is 135 Å². The summed E-state index contributed by atoms with van der Waals surface area (Å²) in [5.74, 6) is -15.8. The first-order valence-corrected chi connectivity index (χ1v) is 48.3. The number of likely N-dealkylation sites (N-methyl/N-ethyl adjacent to an activating group) is 1. The first-order chi connectivity index (χ1) is 70.3. The summed E-state index contributed by atoms with van der Waals surface area (Å²) in [6, 6.07) is 42.5. The molecule has 0 saturated carbocycles. The van der Waals surface area contributed by atoms with Crippen molar-refractivity contribution in [1.82, 2.24) is 47.9 Å². The molecule has 2 saturated heterocycles. The van der Waals surface area contributed by atoms with Crippen molar-refractivity contribution in [3.05, 3.63) is 285 Å². The van der Waals surface area contributed by atoms with Gasteiger partial charge in [0.25, 0.3) is 5.91 Å². The summed E-state index contributed by atoms with van der Waals surface area (Å²) in [5.41, 5.74) is 10.5. The average molecular weight is 2050 g/mol. The molecule has 18 atom stereocenters. The Morgan fingerprint density at radius 2 is 1.03 bits per heavy atom. The Kier molecular flexibility index (Phi) is 31.1. The number of quaternary nitrogens is 2. The number of benzene rings is 11. The van der Waals surface area contributed by atoms with Gasteiger partial charge in [-0.1, -0.05) is 163 Å². The zero-order valence-electron chi connectivity index (χ0n) is 80.1. The van der Waals surface area contributed by atoms with Crippen molar-refractivity contribution in [3.8, 4) is 102 Å². The maximum Gasteiger partial charge on any atom is 0.252 e. The van der Waals surface area contributed by atoms with E-state index in [0.717, 1.165) is 94.0 Å². The van der Waals surface area contributed by atoms with Crippen LogP contribution in [-0.4, -0.2) is 254 Å². The molecule has 8 aliphatic heterocycles. The van der Waals surface area contributed by atoms with Gasteiger partial charge in [0.1, 0.15) is 138 Å². The highest BCUT2D eigenvalue weighted by molar-refractivity contribution is 6.33. The van der Waals surface area contributed by atoms with Crippen LogP contribution >= 0.6 is 23.2 Å². The molecule has 22 N–H and O–H groups in total. The molecule has 8 aliphatic rings. The summed E-state index contributed by atoms with van der Waals surface area (Å²) in [5, 5.41) is 153. The fraction of sp³-hybridized carbons (Fsp3) is 0.308. The van der Waals surface area contributed by atoms with Crippen molar-refractivity contribution < 1.29 is 137 Å². The highest BCUT2D eigenvalue weighted by atomic mass is 35.5. The Bertz CT molecular complexity index is 6780. The third kappa shape index (κ3) is 23.1. The van der Waals surface area contributed by atoms with Crippen molar-refractivity contribution in [1.29, 1.82) is 0 Å². The van der Waals surface area contributed by atoms with E-state index in [-0.39, 0.29) is 60.1 Å². The number of hydrogen-bond donors (Lipinski definition) is 21. The Hall–Kier alpha value is -14.6. The lowest BCUT2D eigenvalue weighted by Crippen LogP contribution is -2.65. The second-order valence-corrected chi connectivity index (χ2v) is 39.2. The smallest absolute Gasteiger partial charge is 0.252 e. The molecule has 38 nitrogen and oxygen atoms in total. The van der Waals surface area contributed by atoms with Crippen LogP contribution in [0.4, 0.5) is 0 Å². The van der Waals surface area contributed by atoms with E-state index >= 15 is 28.8 Å². The fourth-order valence-corrected chi connectivity index (χ4v) is 19.4. The number of halogens is 2. The number of ether oxygens (including phenoxy) is 7. The minimum Gasteiger partial charge on any atom is -0.508 e. The molecular weight excluding hydrogens is 1940 g/mol. The molecule has 11 aromatic carbocycles. The van der Waals surface area contributed by atoms with Gasteiger partial charge in [0.2, 0.25) is 59.7 Å². The number of nitrogens with two attached hydrogens (primary N) is 1. The molecule has 19 rings (SSSR count). The van der Waals surface area contributed by atoms with Crippen LogP contribution in [0.3, 0.4) is 0 Å². The van der Waals surface area contributed by atoms with E-state index in [2.05, 4.69) is 72.1 Å². The lowest BCUT2D eigenvalue weighted by atomic mass is 9.89. The molecule has 147 heavy (non-hydrogen) atoms. The highest BCUT2D eigenvalue weighted by Crippen LogP contribution is 2.51. The number of aromatic hydroxyl groups is 4. The summed E-state index contributed by atoms with van der Waals surface area (Å²) in [4.78, 5) is 127. The molecule has 11 aromatic rings. The summed E-state index contributed by atoms with van der Waals surface area (Å²) in [7, 11) is 9.48. The third-order valence-electron chi connectivity index (χ3n) is 26.8. The number of rotatable bonds is 22. The van der Waals surface area contributed by atoms with Crippen molar-refractivity contribution >= 4 is 70.5 Å². The van der Waals surface area contributed by atoms with Gasteiger partial charge in [0.05, 0.1) is 64.0 Å². The number of fused-ring (bicyclic) bond motifs is 14. The minimum absolute atomic E-state index is 0.0387. The van der Waals surface area contributed by atoms with Crippen LogP contribution < -0.4 is 77.3 Å². The maximum atomic E-state index is 17.0. The lowest BCUT2D eigenvalue weighted by molar-refractivity contribution is -0.903. The summed E-state index contributed by atoms with van der Waals surface area (Å²) in [6.07, 6.45) is -20.0. The van der Waals surface area contributed by atoms with Gasteiger partial charge >= 0.3 is 0 Å². The molecular formula is C107H112Cl2N12O26+2. The van der Waals surface area contributed by atoms with Crippen molar-refractivity contribution in [2.75, 3.05) is 68.0 Å². The number of aliphatic hydroxyl groups excluding tert-OH is 7. The first kappa shape index (κ1) is 104. The number of aliphatic hydroxyl groups is 7.